The van der Waals surface area contributed by atoms with Crippen LogP contribution in [-0.2, 0) is 13.1 Å². The van der Waals surface area contributed by atoms with Crippen molar-refractivity contribution in [3.8, 4) is 5.69 Å². The molecule has 2 heterocycles. The molecule has 4 rings (SSSR count). The lowest BCUT2D eigenvalue weighted by Gasteiger charge is -2.06. The summed E-state index contributed by atoms with van der Waals surface area (Å²) in [4.78, 5) is 20.6. The minimum absolute atomic E-state index is 0.0607. The van der Waals surface area contributed by atoms with E-state index in [1.165, 1.54) is 23.1 Å². The third kappa shape index (κ3) is 4.34. The molecule has 0 bridgehead atoms. The largest absolute Gasteiger partial charge is 0.345 e. The Bertz CT molecular complexity index is 1120. The van der Waals surface area contributed by atoms with Crippen molar-refractivity contribution in [3.63, 3.8) is 0 Å². The molecule has 146 valence electrons. The summed E-state index contributed by atoms with van der Waals surface area (Å²) in [5.74, 6) is -0.117. The number of hydrogen-bond donors (Lipinski definition) is 1. The molecule has 8 nitrogen and oxygen atoms in total. The monoisotopic (exact) mass is 391 g/mol. The summed E-state index contributed by atoms with van der Waals surface area (Å²) < 4.78 is 16.4. The van der Waals surface area contributed by atoms with Crippen LogP contribution in [0.5, 0.6) is 0 Å². The SMILES string of the molecule is Cc1nc(C(=O)NCc2cccc(Cn3cncn3)c2)nn1-c1ccc(F)cc1. The van der Waals surface area contributed by atoms with E-state index < -0.39 is 0 Å². The number of hydrogen-bond acceptors (Lipinski definition) is 5. The highest BCUT2D eigenvalue weighted by Crippen LogP contribution is 2.11. The molecule has 0 aliphatic heterocycles. The molecule has 2 aromatic carbocycles. The zero-order valence-corrected chi connectivity index (χ0v) is 15.7. The molecule has 4 aromatic rings. The first-order valence-corrected chi connectivity index (χ1v) is 8.96. The number of benzene rings is 2. The second kappa shape index (κ2) is 8.01. The molecule has 1 N–H and O–H groups in total. The maximum absolute atomic E-state index is 13.1. The van der Waals surface area contributed by atoms with Gasteiger partial charge in [0.15, 0.2) is 0 Å². The van der Waals surface area contributed by atoms with Gasteiger partial charge in [-0.25, -0.2) is 23.7 Å². The Morgan fingerprint density at radius 1 is 1.14 bits per heavy atom. The highest BCUT2D eigenvalue weighted by atomic mass is 19.1. The van der Waals surface area contributed by atoms with Crippen LogP contribution in [-0.4, -0.2) is 35.4 Å². The van der Waals surface area contributed by atoms with Crippen molar-refractivity contribution in [2.45, 2.75) is 20.0 Å². The summed E-state index contributed by atoms with van der Waals surface area (Å²) in [5, 5.41) is 11.2. The molecule has 0 fully saturated rings. The summed E-state index contributed by atoms with van der Waals surface area (Å²) in [6, 6.07) is 13.7. The number of amides is 1. The Morgan fingerprint density at radius 3 is 2.69 bits per heavy atom. The van der Waals surface area contributed by atoms with Crippen LogP contribution in [0.15, 0.2) is 61.2 Å². The van der Waals surface area contributed by atoms with E-state index in [0.717, 1.165) is 11.1 Å². The molecule has 0 aliphatic carbocycles. The average Bonchev–Trinajstić information content (AvgIpc) is 3.37. The minimum atomic E-state index is -0.379. The van der Waals surface area contributed by atoms with Crippen molar-refractivity contribution in [1.29, 1.82) is 0 Å². The molecular formula is C20H18FN7O. The average molecular weight is 391 g/mol. The van der Waals surface area contributed by atoms with Gasteiger partial charge >= 0.3 is 0 Å². The number of aromatic nitrogens is 6. The Labute approximate surface area is 166 Å². The van der Waals surface area contributed by atoms with E-state index in [1.54, 1.807) is 30.1 Å². The van der Waals surface area contributed by atoms with E-state index in [1.807, 2.05) is 24.3 Å². The lowest BCUT2D eigenvalue weighted by atomic mass is 10.1. The lowest BCUT2D eigenvalue weighted by molar-refractivity contribution is 0.0940. The number of aryl methyl sites for hydroxylation is 1. The fraction of sp³-hybridized carbons (Fsp3) is 0.150. The summed E-state index contributed by atoms with van der Waals surface area (Å²) in [5.41, 5.74) is 2.64. The standard InChI is InChI=1S/C20H18FN7O/c1-14-25-19(26-28(14)18-7-5-17(21)6-8-18)20(29)23-10-15-3-2-4-16(9-15)11-27-13-22-12-24-27/h2-9,12-13H,10-11H2,1H3,(H,23,29). The molecule has 0 aliphatic rings. The first-order chi connectivity index (χ1) is 14.1. The minimum Gasteiger partial charge on any atom is -0.345 e. The summed E-state index contributed by atoms with van der Waals surface area (Å²) in [6.45, 7) is 2.68. The van der Waals surface area contributed by atoms with Gasteiger partial charge in [-0.3, -0.25) is 4.79 Å². The van der Waals surface area contributed by atoms with E-state index in [-0.39, 0.29) is 17.5 Å². The van der Waals surface area contributed by atoms with Crippen LogP contribution >= 0.6 is 0 Å². The van der Waals surface area contributed by atoms with Crippen molar-refractivity contribution in [1.82, 2.24) is 34.8 Å². The zero-order valence-electron chi connectivity index (χ0n) is 15.7. The molecule has 9 heteroatoms. The molecule has 29 heavy (non-hydrogen) atoms. The Kier molecular flexibility index (Phi) is 5.10. The number of carbonyl (C=O) groups excluding carboxylic acids is 1. The molecule has 0 spiro atoms. The van der Waals surface area contributed by atoms with Crippen LogP contribution in [0.1, 0.15) is 27.6 Å². The number of rotatable bonds is 6. The normalized spacial score (nSPS) is 10.8. The highest BCUT2D eigenvalue weighted by molar-refractivity contribution is 5.90. The van der Waals surface area contributed by atoms with Gasteiger partial charge < -0.3 is 5.32 Å². The van der Waals surface area contributed by atoms with E-state index in [0.29, 0.717) is 24.6 Å². The molecule has 0 atom stereocenters. The van der Waals surface area contributed by atoms with Gasteiger partial charge in [0.1, 0.15) is 24.3 Å². The van der Waals surface area contributed by atoms with E-state index in [9.17, 15) is 9.18 Å². The number of nitrogens with zero attached hydrogens (tertiary/aromatic N) is 6. The van der Waals surface area contributed by atoms with Crippen LogP contribution in [0.25, 0.3) is 5.69 Å². The van der Waals surface area contributed by atoms with Gasteiger partial charge in [0.05, 0.1) is 12.2 Å². The Morgan fingerprint density at radius 2 is 1.93 bits per heavy atom. The van der Waals surface area contributed by atoms with Gasteiger partial charge in [0.25, 0.3) is 5.91 Å². The predicted molar refractivity (Wildman–Crippen MR) is 103 cm³/mol. The first kappa shape index (κ1) is 18.5. The molecular weight excluding hydrogens is 373 g/mol. The second-order valence-corrected chi connectivity index (χ2v) is 6.47. The molecule has 1 amide bonds. The van der Waals surface area contributed by atoms with Gasteiger partial charge in [-0.2, -0.15) is 5.10 Å². The third-order valence-electron chi connectivity index (χ3n) is 4.30. The highest BCUT2D eigenvalue weighted by Gasteiger charge is 2.15. The van der Waals surface area contributed by atoms with E-state index in [4.69, 9.17) is 0 Å². The second-order valence-electron chi connectivity index (χ2n) is 6.47. The Balaban J connectivity index is 1.42. The first-order valence-electron chi connectivity index (χ1n) is 8.96. The summed E-state index contributed by atoms with van der Waals surface area (Å²) in [7, 11) is 0. The zero-order chi connectivity index (χ0) is 20.2. The van der Waals surface area contributed by atoms with Gasteiger partial charge in [0.2, 0.25) is 5.82 Å². The van der Waals surface area contributed by atoms with Crippen molar-refractivity contribution >= 4 is 5.91 Å². The van der Waals surface area contributed by atoms with Crippen molar-refractivity contribution in [3.05, 3.63) is 89.8 Å². The third-order valence-corrected chi connectivity index (χ3v) is 4.30. The molecule has 0 unspecified atom stereocenters. The lowest BCUT2D eigenvalue weighted by Crippen LogP contribution is -2.24. The van der Waals surface area contributed by atoms with Gasteiger partial charge in [0, 0.05) is 6.54 Å². The quantitative estimate of drug-likeness (QED) is 0.545. The number of carbonyl (C=O) groups is 1. The smallest absolute Gasteiger partial charge is 0.291 e. The topological polar surface area (TPSA) is 90.5 Å². The van der Waals surface area contributed by atoms with E-state index in [2.05, 4.69) is 25.5 Å². The fourth-order valence-electron chi connectivity index (χ4n) is 2.91. The van der Waals surface area contributed by atoms with Crippen molar-refractivity contribution in [2.75, 3.05) is 0 Å². The van der Waals surface area contributed by atoms with Crippen molar-refractivity contribution in [2.24, 2.45) is 0 Å². The van der Waals surface area contributed by atoms with Crippen LogP contribution in [0.4, 0.5) is 4.39 Å². The fourth-order valence-corrected chi connectivity index (χ4v) is 2.91. The van der Waals surface area contributed by atoms with Gasteiger partial charge in [-0.15, -0.1) is 5.10 Å². The molecule has 0 radical (unpaired) electrons. The molecule has 2 aromatic heterocycles. The number of halogens is 1. The van der Waals surface area contributed by atoms with Crippen LogP contribution in [0.2, 0.25) is 0 Å². The number of nitrogens with one attached hydrogen (secondary N) is 1. The summed E-state index contributed by atoms with van der Waals surface area (Å²) >= 11 is 0. The van der Waals surface area contributed by atoms with Crippen molar-refractivity contribution < 1.29 is 9.18 Å². The van der Waals surface area contributed by atoms with Gasteiger partial charge in [-0.05, 0) is 42.3 Å². The van der Waals surface area contributed by atoms with Crippen LogP contribution in [0.3, 0.4) is 0 Å². The summed E-state index contributed by atoms with van der Waals surface area (Å²) in [6.07, 6.45) is 3.14. The maximum Gasteiger partial charge on any atom is 0.291 e. The van der Waals surface area contributed by atoms with Crippen LogP contribution < -0.4 is 5.32 Å². The molecule has 0 saturated heterocycles. The van der Waals surface area contributed by atoms with Crippen LogP contribution in [0, 0.1) is 12.7 Å². The molecule has 0 saturated carbocycles. The van der Waals surface area contributed by atoms with Gasteiger partial charge in [-0.1, -0.05) is 24.3 Å². The Hall–Kier alpha value is -3.88. The predicted octanol–water partition coefficient (Wildman–Crippen LogP) is 2.28. The maximum atomic E-state index is 13.1. The van der Waals surface area contributed by atoms with E-state index >= 15 is 0 Å².